The second kappa shape index (κ2) is 12.2. The molecule has 0 aromatic carbocycles. The number of carbonyl (C=O) groups excluding carboxylic acids is 2. The van der Waals surface area contributed by atoms with Crippen LogP contribution in [0.5, 0.6) is 0 Å². The number of nitrogens with one attached hydrogen (secondary N) is 1. The molecule has 0 aliphatic heterocycles. The minimum absolute atomic E-state index is 0.0572. The zero-order valence-electron chi connectivity index (χ0n) is 20.5. The van der Waals surface area contributed by atoms with Crippen molar-refractivity contribution < 1.29 is 14.3 Å². The first-order valence-electron chi connectivity index (χ1n) is 10.8. The lowest BCUT2D eigenvalue weighted by Crippen LogP contribution is -2.44. The molecule has 0 radical (unpaired) electrons. The summed E-state index contributed by atoms with van der Waals surface area (Å²) in [7, 11) is 3.76. The summed E-state index contributed by atoms with van der Waals surface area (Å²) in [5.74, 6) is -0.157. The van der Waals surface area contributed by atoms with Crippen molar-refractivity contribution in [1.29, 1.82) is 0 Å². The third-order valence-corrected chi connectivity index (χ3v) is 5.25. The van der Waals surface area contributed by atoms with Gasteiger partial charge in [0.25, 0.3) is 0 Å². The van der Waals surface area contributed by atoms with Crippen LogP contribution in [-0.4, -0.2) is 49.6 Å². The lowest BCUT2D eigenvalue weighted by Gasteiger charge is -2.33. The molecule has 0 rings (SSSR count). The number of nitrogens with zero attached hydrogens (tertiary/aromatic N) is 1. The molecule has 0 aliphatic carbocycles. The Kier molecular flexibility index (Phi) is 11.5. The van der Waals surface area contributed by atoms with E-state index in [-0.39, 0.29) is 47.1 Å². The van der Waals surface area contributed by atoms with Crippen LogP contribution in [0.1, 0.15) is 62.3 Å². The van der Waals surface area contributed by atoms with Crippen LogP contribution in [0.15, 0.2) is 23.8 Å². The minimum atomic E-state index is -0.332. The SMILES string of the molecule is CCOC(=O)C(C)=C[C@H](C(C)C)N(C)C(=O)[C@H](C=C[C@@H](NC)C(C)(C)C)C(C)C. The quantitative estimate of drug-likeness (QED) is 0.330. The second-order valence-electron chi connectivity index (χ2n) is 9.54. The lowest BCUT2D eigenvalue weighted by atomic mass is 9.84. The van der Waals surface area contributed by atoms with Gasteiger partial charge in [-0.1, -0.05) is 66.7 Å². The van der Waals surface area contributed by atoms with Crippen molar-refractivity contribution >= 4 is 11.9 Å². The predicted molar refractivity (Wildman–Crippen MR) is 122 cm³/mol. The van der Waals surface area contributed by atoms with Gasteiger partial charge in [-0.2, -0.15) is 0 Å². The Morgan fingerprint density at radius 2 is 1.62 bits per heavy atom. The van der Waals surface area contributed by atoms with E-state index in [2.05, 4.69) is 59.9 Å². The topological polar surface area (TPSA) is 58.6 Å². The molecule has 0 saturated heterocycles. The molecule has 1 amide bonds. The monoisotopic (exact) mass is 408 g/mol. The summed E-state index contributed by atoms with van der Waals surface area (Å²) in [6, 6.07) is -0.00187. The van der Waals surface area contributed by atoms with Crippen LogP contribution in [0.25, 0.3) is 0 Å². The van der Waals surface area contributed by atoms with Gasteiger partial charge in [-0.05, 0) is 38.1 Å². The molecular formula is C24H44N2O3. The molecule has 0 saturated carbocycles. The predicted octanol–water partition coefficient (Wildman–Crippen LogP) is 4.44. The molecule has 0 heterocycles. The number of likely N-dealkylation sites (N-methyl/N-ethyl adjacent to an activating group) is 2. The summed E-state index contributed by atoms with van der Waals surface area (Å²) < 4.78 is 5.09. The molecule has 0 aromatic rings. The van der Waals surface area contributed by atoms with Crippen molar-refractivity contribution in [2.45, 2.75) is 74.4 Å². The molecule has 5 nitrogen and oxygen atoms in total. The average Bonchev–Trinajstić information content (AvgIpc) is 2.60. The highest BCUT2D eigenvalue weighted by Crippen LogP contribution is 2.24. The molecule has 3 atom stereocenters. The maximum Gasteiger partial charge on any atom is 0.333 e. The van der Waals surface area contributed by atoms with Crippen LogP contribution >= 0.6 is 0 Å². The van der Waals surface area contributed by atoms with E-state index in [4.69, 9.17) is 4.74 Å². The number of amides is 1. The van der Waals surface area contributed by atoms with Crippen LogP contribution in [0.2, 0.25) is 0 Å². The first-order valence-corrected chi connectivity index (χ1v) is 10.8. The van der Waals surface area contributed by atoms with Gasteiger partial charge in [-0.15, -0.1) is 0 Å². The van der Waals surface area contributed by atoms with Gasteiger partial charge < -0.3 is 15.0 Å². The van der Waals surface area contributed by atoms with Gasteiger partial charge in [0.05, 0.1) is 18.6 Å². The van der Waals surface area contributed by atoms with Crippen LogP contribution in [0.3, 0.4) is 0 Å². The normalized spacial score (nSPS) is 16.2. The Labute approximate surface area is 178 Å². The summed E-state index contributed by atoms with van der Waals surface area (Å²) in [6.45, 7) is 18.6. The highest BCUT2D eigenvalue weighted by Gasteiger charge is 2.29. The Balaban J connectivity index is 5.71. The van der Waals surface area contributed by atoms with E-state index in [1.807, 2.05) is 26.2 Å². The molecule has 0 spiro atoms. The van der Waals surface area contributed by atoms with Crippen LogP contribution in [-0.2, 0) is 14.3 Å². The Bertz CT molecular complexity index is 585. The van der Waals surface area contributed by atoms with Crippen LogP contribution in [0, 0.1) is 23.2 Å². The molecule has 1 N–H and O–H groups in total. The van der Waals surface area contributed by atoms with Gasteiger partial charge in [0.15, 0.2) is 0 Å². The van der Waals surface area contributed by atoms with E-state index in [0.717, 1.165) is 0 Å². The highest BCUT2D eigenvalue weighted by atomic mass is 16.5. The fourth-order valence-corrected chi connectivity index (χ4v) is 3.34. The Morgan fingerprint density at radius 1 is 1.07 bits per heavy atom. The van der Waals surface area contributed by atoms with Crippen molar-refractivity contribution in [3.05, 3.63) is 23.8 Å². The summed E-state index contributed by atoms with van der Waals surface area (Å²) in [5.41, 5.74) is 0.589. The molecular weight excluding hydrogens is 364 g/mol. The zero-order chi connectivity index (χ0) is 22.9. The molecule has 0 aliphatic rings. The first-order chi connectivity index (χ1) is 13.3. The van der Waals surface area contributed by atoms with Gasteiger partial charge in [0.2, 0.25) is 5.91 Å². The van der Waals surface area contributed by atoms with Gasteiger partial charge in [-0.25, -0.2) is 4.79 Å². The standard InChI is InChI=1S/C24H44N2O3/c1-12-29-23(28)18(6)15-20(17(4)5)26(11)22(27)19(16(2)3)13-14-21(25-10)24(7,8)9/h13-17,19-21,25H,12H2,1-11H3/t19-,20-,21-/m1/s1. The van der Waals surface area contributed by atoms with Crippen LogP contribution in [0.4, 0.5) is 0 Å². The van der Waals surface area contributed by atoms with Gasteiger partial charge in [0, 0.05) is 18.7 Å². The third kappa shape index (κ3) is 8.73. The van der Waals surface area contributed by atoms with Crippen molar-refractivity contribution in [2.75, 3.05) is 20.7 Å². The van der Waals surface area contributed by atoms with Crippen molar-refractivity contribution in [2.24, 2.45) is 23.2 Å². The lowest BCUT2D eigenvalue weighted by molar-refractivity contribution is -0.139. The number of rotatable bonds is 10. The second-order valence-corrected chi connectivity index (χ2v) is 9.54. The van der Waals surface area contributed by atoms with E-state index in [0.29, 0.717) is 12.2 Å². The number of esters is 1. The molecule has 29 heavy (non-hydrogen) atoms. The maximum absolute atomic E-state index is 13.4. The van der Waals surface area contributed by atoms with E-state index >= 15 is 0 Å². The Morgan fingerprint density at radius 3 is 2.00 bits per heavy atom. The smallest absolute Gasteiger partial charge is 0.333 e. The molecule has 0 bridgehead atoms. The van der Waals surface area contributed by atoms with Crippen molar-refractivity contribution in [3.8, 4) is 0 Å². The highest BCUT2D eigenvalue weighted by molar-refractivity contribution is 5.88. The number of hydrogen-bond acceptors (Lipinski definition) is 4. The largest absolute Gasteiger partial charge is 0.463 e. The van der Waals surface area contributed by atoms with Crippen molar-refractivity contribution in [3.63, 3.8) is 0 Å². The fraction of sp³-hybridized carbons (Fsp3) is 0.750. The molecule has 168 valence electrons. The van der Waals surface area contributed by atoms with E-state index in [1.165, 1.54) is 0 Å². The molecule has 0 aromatic heterocycles. The fourth-order valence-electron chi connectivity index (χ4n) is 3.34. The summed E-state index contributed by atoms with van der Waals surface area (Å²) in [4.78, 5) is 27.2. The minimum Gasteiger partial charge on any atom is -0.463 e. The third-order valence-electron chi connectivity index (χ3n) is 5.25. The van der Waals surface area contributed by atoms with Gasteiger partial charge in [0.1, 0.15) is 0 Å². The van der Waals surface area contributed by atoms with Gasteiger partial charge in [-0.3, -0.25) is 4.79 Å². The summed E-state index contributed by atoms with van der Waals surface area (Å²) >= 11 is 0. The molecule has 5 heteroatoms. The molecule has 0 unspecified atom stereocenters. The van der Waals surface area contributed by atoms with E-state index in [9.17, 15) is 9.59 Å². The maximum atomic E-state index is 13.4. The van der Waals surface area contributed by atoms with Crippen molar-refractivity contribution in [1.82, 2.24) is 10.2 Å². The Hall–Kier alpha value is -1.62. The summed E-state index contributed by atoms with van der Waals surface area (Å²) in [6.07, 6.45) is 6.00. The number of hydrogen-bond donors (Lipinski definition) is 1. The van der Waals surface area contributed by atoms with E-state index in [1.54, 1.807) is 18.7 Å². The van der Waals surface area contributed by atoms with E-state index < -0.39 is 0 Å². The van der Waals surface area contributed by atoms with Gasteiger partial charge >= 0.3 is 5.97 Å². The average molecular weight is 409 g/mol. The number of carbonyl (C=O) groups is 2. The van der Waals surface area contributed by atoms with Crippen LogP contribution < -0.4 is 5.32 Å². The summed E-state index contributed by atoms with van der Waals surface area (Å²) in [5, 5.41) is 3.32. The first kappa shape index (κ1) is 27.4. The number of ether oxygens (including phenoxy) is 1. The molecule has 0 fully saturated rings. The zero-order valence-corrected chi connectivity index (χ0v) is 20.5.